The molecule has 0 spiro atoms. The van der Waals surface area contributed by atoms with E-state index >= 15 is 0 Å². The first-order chi connectivity index (χ1) is 11.2. The van der Waals surface area contributed by atoms with E-state index in [-0.39, 0.29) is 5.91 Å². The molecule has 3 nitrogen and oxygen atoms in total. The number of thiazole rings is 1. The van der Waals surface area contributed by atoms with Gasteiger partial charge in [0.05, 0.1) is 5.69 Å². The molecule has 3 rings (SSSR count). The van der Waals surface area contributed by atoms with Crippen LogP contribution in [-0.2, 0) is 0 Å². The van der Waals surface area contributed by atoms with Crippen molar-refractivity contribution in [2.45, 2.75) is 11.8 Å². The minimum atomic E-state index is -0.0323. The monoisotopic (exact) mass is 360 g/mol. The summed E-state index contributed by atoms with van der Waals surface area (Å²) < 4.78 is 0. The van der Waals surface area contributed by atoms with Crippen molar-refractivity contribution in [3.05, 3.63) is 57.7 Å². The molecule has 6 heteroatoms. The summed E-state index contributed by atoms with van der Waals surface area (Å²) in [5.74, 6) is 0.820. The number of aromatic nitrogens is 1. The second-order valence-electron chi connectivity index (χ2n) is 4.86. The summed E-state index contributed by atoms with van der Waals surface area (Å²) in [4.78, 5) is 18.7. The van der Waals surface area contributed by atoms with Gasteiger partial charge in [0.25, 0.3) is 5.91 Å². The quantitative estimate of drug-likeness (QED) is 0.512. The van der Waals surface area contributed by atoms with Gasteiger partial charge in [-0.1, -0.05) is 18.2 Å². The average Bonchev–Trinajstić information content (AvgIpc) is 3.21. The van der Waals surface area contributed by atoms with Crippen LogP contribution in [0.3, 0.4) is 0 Å². The zero-order valence-electron chi connectivity index (χ0n) is 12.6. The topological polar surface area (TPSA) is 42.0 Å². The molecule has 0 aliphatic heterocycles. The van der Waals surface area contributed by atoms with E-state index in [1.807, 2.05) is 36.6 Å². The van der Waals surface area contributed by atoms with Crippen LogP contribution in [0.15, 0.2) is 52.1 Å². The smallest absolute Gasteiger partial charge is 0.263 e. The Bertz CT molecular complexity index is 767. The largest absolute Gasteiger partial charge is 0.350 e. The number of thiophene rings is 1. The van der Waals surface area contributed by atoms with E-state index in [0.29, 0.717) is 11.4 Å². The van der Waals surface area contributed by atoms with Crippen molar-refractivity contribution in [2.24, 2.45) is 0 Å². The Morgan fingerprint density at radius 3 is 2.83 bits per heavy atom. The molecule has 2 heterocycles. The van der Waals surface area contributed by atoms with Gasteiger partial charge in [0.15, 0.2) is 0 Å². The first-order valence-electron chi connectivity index (χ1n) is 7.20. The highest BCUT2D eigenvalue weighted by molar-refractivity contribution is 7.99. The molecule has 0 aliphatic rings. The van der Waals surface area contributed by atoms with E-state index in [1.165, 1.54) is 16.2 Å². The standard InChI is InChI=1S/C17H16N2OS3/c1-12-15(23-17(19-12)13-7-9-21-11-13)16(20)18-8-10-22-14-5-3-2-4-6-14/h2-7,9,11H,8,10H2,1H3,(H,18,20). The normalized spacial score (nSPS) is 10.7. The fourth-order valence-electron chi connectivity index (χ4n) is 2.05. The second-order valence-corrected chi connectivity index (χ2v) is 7.81. The van der Waals surface area contributed by atoms with Gasteiger partial charge >= 0.3 is 0 Å². The van der Waals surface area contributed by atoms with Crippen molar-refractivity contribution >= 4 is 40.3 Å². The van der Waals surface area contributed by atoms with Gasteiger partial charge in [-0.3, -0.25) is 4.79 Å². The Kier molecular flexibility index (Phi) is 5.48. The molecule has 1 amide bonds. The number of nitrogens with zero attached hydrogens (tertiary/aromatic N) is 1. The van der Waals surface area contributed by atoms with Crippen LogP contribution in [0.1, 0.15) is 15.4 Å². The van der Waals surface area contributed by atoms with Crippen LogP contribution in [0.2, 0.25) is 0 Å². The summed E-state index contributed by atoms with van der Waals surface area (Å²) >= 11 is 4.83. The van der Waals surface area contributed by atoms with Crippen molar-refractivity contribution in [3.8, 4) is 10.6 Å². The third-order valence-electron chi connectivity index (χ3n) is 3.17. The average molecular weight is 361 g/mol. The number of rotatable bonds is 6. The summed E-state index contributed by atoms with van der Waals surface area (Å²) in [6.07, 6.45) is 0. The summed E-state index contributed by atoms with van der Waals surface area (Å²) in [6, 6.07) is 12.2. The van der Waals surface area contributed by atoms with Crippen LogP contribution in [0.5, 0.6) is 0 Å². The summed E-state index contributed by atoms with van der Waals surface area (Å²) in [6.45, 7) is 2.53. The molecule has 3 aromatic rings. The maximum atomic E-state index is 12.3. The molecule has 23 heavy (non-hydrogen) atoms. The summed E-state index contributed by atoms with van der Waals surface area (Å²) in [5.41, 5.74) is 1.88. The van der Waals surface area contributed by atoms with Crippen LogP contribution in [-0.4, -0.2) is 23.2 Å². The third-order valence-corrected chi connectivity index (χ3v) is 6.07. The van der Waals surface area contributed by atoms with Crippen LogP contribution in [0.25, 0.3) is 10.6 Å². The highest BCUT2D eigenvalue weighted by Gasteiger charge is 2.15. The van der Waals surface area contributed by atoms with E-state index in [2.05, 4.69) is 27.8 Å². The predicted octanol–water partition coefficient (Wildman–Crippen LogP) is 4.70. The number of amides is 1. The molecule has 2 aromatic heterocycles. The molecule has 0 radical (unpaired) electrons. The zero-order chi connectivity index (χ0) is 16.1. The minimum absolute atomic E-state index is 0.0323. The predicted molar refractivity (Wildman–Crippen MR) is 99.7 cm³/mol. The minimum Gasteiger partial charge on any atom is -0.350 e. The number of benzene rings is 1. The van der Waals surface area contributed by atoms with Gasteiger partial charge in [-0.2, -0.15) is 11.3 Å². The van der Waals surface area contributed by atoms with Gasteiger partial charge in [-0.05, 0) is 30.5 Å². The van der Waals surface area contributed by atoms with Gasteiger partial charge in [0.1, 0.15) is 9.88 Å². The number of hydrogen-bond acceptors (Lipinski definition) is 5. The van der Waals surface area contributed by atoms with Crippen LogP contribution in [0.4, 0.5) is 0 Å². The van der Waals surface area contributed by atoms with Crippen molar-refractivity contribution in [2.75, 3.05) is 12.3 Å². The molecule has 0 unspecified atom stereocenters. The van der Waals surface area contributed by atoms with Crippen molar-refractivity contribution in [3.63, 3.8) is 0 Å². The van der Waals surface area contributed by atoms with Gasteiger partial charge in [-0.25, -0.2) is 4.98 Å². The molecule has 0 fully saturated rings. The number of carbonyl (C=O) groups is 1. The SMILES string of the molecule is Cc1nc(-c2ccsc2)sc1C(=O)NCCSc1ccccc1. The molecule has 0 aliphatic carbocycles. The number of carbonyl (C=O) groups excluding carboxylic acids is 1. The molecule has 0 saturated heterocycles. The van der Waals surface area contributed by atoms with E-state index in [0.717, 1.165) is 22.0 Å². The molecule has 0 saturated carbocycles. The molecular weight excluding hydrogens is 344 g/mol. The third kappa shape index (κ3) is 4.22. The lowest BCUT2D eigenvalue weighted by Crippen LogP contribution is -2.25. The maximum Gasteiger partial charge on any atom is 0.263 e. The number of nitrogens with one attached hydrogen (secondary N) is 1. The zero-order valence-corrected chi connectivity index (χ0v) is 15.1. The van der Waals surface area contributed by atoms with E-state index in [4.69, 9.17) is 0 Å². The Balaban J connectivity index is 1.54. The molecule has 118 valence electrons. The molecule has 0 bridgehead atoms. The van der Waals surface area contributed by atoms with Crippen molar-refractivity contribution < 1.29 is 4.79 Å². The first kappa shape index (κ1) is 16.2. The lowest BCUT2D eigenvalue weighted by molar-refractivity contribution is 0.0959. The lowest BCUT2D eigenvalue weighted by Gasteiger charge is -2.04. The van der Waals surface area contributed by atoms with E-state index in [1.54, 1.807) is 23.1 Å². The number of thioether (sulfide) groups is 1. The lowest BCUT2D eigenvalue weighted by atomic mass is 10.3. The van der Waals surface area contributed by atoms with Gasteiger partial charge < -0.3 is 5.32 Å². The first-order valence-corrected chi connectivity index (χ1v) is 9.94. The molecule has 1 N–H and O–H groups in total. The fraction of sp³-hybridized carbons (Fsp3) is 0.176. The molecule has 1 aromatic carbocycles. The number of aryl methyl sites for hydroxylation is 1. The number of hydrogen-bond donors (Lipinski definition) is 1. The van der Waals surface area contributed by atoms with Gasteiger partial charge in [0, 0.05) is 28.1 Å². The highest BCUT2D eigenvalue weighted by atomic mass is 32.2. The van der Waals surface area contributed by atoms with Gasteiger partial charge in [-0.15, -0.1) is 23.1 Å². The van der Waals surface area contributed by atoms with E-state index < -0.39 is 0 Å². The van der Waals surface area contributed by atoms with Gasteiger partial charge in [0.2, 0.25) is 0 Å². The van der Waals surface area contributed by atoms with Crippen LogP contribution >= 0.6 is 34.4 Å². The highest BCUT2D eigenvalue weighted by Crippen LogP contribution is 2.29. The van der Waals surface area contributed by atoms with E-state index in [9.17, 15) is 4.79 Å². The molecule has 0 atom stereocenters. The van der Waals surface area contributed by atoms with Crippen molar-refractivity contribution in [1.29, 1.82) is 0 Å². The Morgan fingerprint density at radius 2 is 2.09 bits per heavy atom. The molecular formula is C17H16N2OS3. The Morgan fingerprint density at radius 1 is 1.26 bits per heavy atom. The summed E-state index contributed by atoms with van der Waals surface area (Å²) in [5, 5.41) is 7.96. The maximum absolute atomic E-state index is 12.3. The Hall–Kier alpha value is -1.63. The van der Waals surface area contributed by atoms with Crippen LogP contribution < -0.4 is 5.32 Å². The Labute approximate surface area is 147 Å². The van der Waals surface area contributed by atoms with Crippen molar-refractivity contribution in [1.82, 2.24) is 10.3 Å². The van der Waals surface area contributed by atoms with Crippen LogP contribution in [0, 0.1) is 6.92 Å². The fourth-order valence-corrected chi connectivity index (χ4v) is 4.53. The summed E-state index contributed by atoms with van der Waals surface area (Å²) in [7, 11) is 0. The second kappa shape index (κ2) is 7.77.